The van der Waals surface area contributed by atoms with E-state index >= 15 is 0 Å². The SMILES string of the molecule is CCNC(=NCc1nnc2n1CCCC2)N1CCCC(C(=O)OCC)C1.I. The van der Waals surface area contributed by atoms with Crippen molar-refractivity contribution in [1.29, 1.82) is 0 Å². The molecule has 9 heteroatoms. The Bertz CT molecular complexity index is 648. The Hall–Kier alpha value is -1.39. The Morgan fingerprint density at radius 1 is 1.26 bits per heavy atom. The summed E-state index contributed by atoms with van der Waals surface area (Å²) in [5, 5.41) is 12.0. The number of fused-ring (bicyclic) bond motifs is 1. The van der Waals surface area contributed by atoms with E-state index in [2.05, 4.69) is 31.9 Å². The van der Waals surface area contributed by atoms with Crippen molar-refractivity contribution in [3.63, 3.8) is 0 Å². The van der Waals surface area contributed by atoms with Gasteiger partial charge in [-0.05, 0) is 39.5 Å². The Morgan fingerprint density at radius 2 is 2.11 bits per heavy atom. The number of carbonyl (C=O) groups excluding carboxylic acids is 1. The van der Waals surface area contributed by atoms with E-state index in [1.807, 2.05) is 6.92 Å². The molecule has 1 N–H and O–H groups in total. The molecule has 27 heavy (non-hydrogen) atoms. The van der Waals surface area contributed by atoms with Gasteiger partial charge in [0, 0.05) is 32.6 Å². The summed E-state index contributed by atoms with van der Waals surface area (Å²) in [4.78, 5) is 19.1. The molecular weight excluding hydrogens is 459 g/mol. The molecule has 0 aromatic carbocycles. The predicted molar refractivity (Wildman–Crippen MR) is 114 cm³/mol. The standard InChI is InChI=1S/C18H30N6O2.HI/c1-3-19-18(23-10-7-8-14(13-23)17(25)26-4-2)20-12-16-22-21-15-9-5-6-11-24(15)16;/h14H,3-13H2,1-2H3,(H,19,20);1H. The molecule has 0 amide bonds. The highest BCUT2D eigenvalue weighted by Gasteiger charge is 2.28. The van der Waals surface area contributed by atoms with Gasteiger partial charge >= 0.3 is 5.97 Å². The van der Waals surface area contributed by atoms with Crippen LogP contribution in [0, 0.1) is 5.92 Å². The van der Waals surface area contributed by atoms with Crippen molar-refractivity contribution in [3.8, 4) is 0 Å². The second kappa shape index (κ2) is 10.8. The predicted octanol–water partition coefficient (Wildman–Crippen LogP) is 1.97. The van der Waals surface area contributed by atoms with Gasteiger partial charge in [0.25, 0.3) is 0 Å². The lowest BCUT2D eigenvalue weighted by atomic mass is 9.98. The van der Waals surface area contributed by atoms with Crippen LogP contribution in [0.5, 0.6) is 0 Å². The molecule has 0 spiro atoms. The van der Waals surface area contributed by atoms with Gasteiger partial charge in [-0.1, -0.05) is 0 Å². The van der Waals surface area contributed by atoms with Crippen LogP contribution in [0.25, 0.3) is 0 Å². The van der Waals surface area contributed by atoms with E-state index in [0.29, 0.717) is 19.7 Å². The largest absolute Gasteiger partial charge is 0.466 e. The van der Waals surface area contributed by atoms with Crippen molar-refractivity contribution >= 4 is 35.9 Å². The first kappa shape index (κ1) is 21.9. The van der Waals surface area contributed by atoms with Gasteiger partial charge < -0.3 is 19.5 Å². The Morgan fingerprint density at radius 3 is 2.89 bits per heavy atom. The summed E-state index contributed by atoms with van der Waals surface area (Å²) < 4.78 is 7.41. The van der Waals surface area contributed by atoms with Crippen LogP contribution in [-0.2, 0) is 29.0 Å². The third-order valence-electron chi connectivity index (χ3n) is 4.98. The van der Waals surface area contributed by atoms with Gasteiger partial charge in [-0.2, -0.15) is 0 Å². The number of aryl methyl sites for hydroxylation is 1. The van der Waals surface area contributed by atoms with Gasteiger partial charge in [0.2, 0.25) is 0 Å². The molecule has 0 aliphatic carbocycles. The Balaban J connectivity index is 0.00000261. The maximum Gasteiger partial charge on any atom is 0.310 e. The van der Waals surface area contributed by atoms with Crippen molar-refractivity contribution in [2.45, 2.75) is 59.0 Å². The maximum atomic E-state index is 12.1. The van der Waals surface area contributed by atoms with Gasteiger partial charge in [0.05, 0.1) is 12.5 Å². The number of likely N-dealkylation sites (tertiary alicyclic amines) is 1. The van der Waals surface area contributed by atoms with E-state index in [-0.39, 0.29) is 35.9 Å². The fraction of sp³-hybridized carbons (Fsp3) is 0.778. The number of nitrogens with zero attached hydrogens (tertiary/aromatic N) is 5. The third-order valence-corrected chi connectivity index (χ3v) is 4.98. The van der Waals surface area contributed by atoms with Crippen LogP contribution in [0.2, 0.25) is 0 Å². The highest BCUT2D eigenvalue weighted by Crippen LogP contribution is 2.19. The summed E-state index contributed by atoms with van der Waals surface area (Å²) in [6, 6.07) is 0. The molecule has 152 valence electrons. The van der Waals surface area contributed by atoms with E-state index in [9.17, 15) is 4.79 Å². The minimum atomic E-state index is -0.0976. The van der Waals surface area contributed by atoms with Crippen LogP contribution in [0.3, 0.4) is 0 Å². The minimum Gasteiger partial charge on any atom is -0.466 e. The van der Waals surface area contributed by atoms with Gasteiger partial charge in [0.15, 0.2) is 11.8 Å². The lowest BCUT2D eigenvalue weighted by Crippen LogP contribution is -2.48. The molecule has 0 radical (unpaired) electrons. The zero-order valence-corrected chi connectivity index (χ0v) is 18.6. The number of nitrogens with one attached hydrogen (secondary N) is 1. The average molecular weight is 490 g/mol. The van der Waals surface area contributed by atoms with Crippen LogP contribution in [0.4, 0.5) is 0 Å². The van der Waals surface area contributed by atoms with Crippen LogP contribution < -0.4 is 5.32 Å². The molecule has 0 bridgehead atoms. The highest BCUT2D eigenvalue weighted by atomic mass is 127. The monoisotopic (exact) mass is 490 g/mol. The number of rotatable bonds is 5. The molecular formula is C18H31IN6O2. The Labute approximate surface area is 178 Å². The first-order valence-electron chi connectivity index (χ1n) is 9.83. The second-order valence-corrected chi connectivity index (χ2v) is 6.85. The minimum absolute atomic E-state index is 0. The summed E-state index contributed by atoms with van der Waals surface area (Å²) in [5.41, 5.74) is 0. The maximum absolute atomic E-state index is 12.1. The van der Waals surface area contributed by atoms with Crippen LogP contribution in [0.15, 0.2) is 4.99 Å². The fourth-order valence-corrected chi connectivity index (χ4v) is 3.68. The Kier molecular flexibility index (Phi) is 8.78. The molecule has 1 fully saturated rings. The highest BCUT2D eigenvalue weighted by molar-refractivity contribution is 14.0. The molecule has 3 rings (SSSR count). The van der Waals surface area contributed by atoms with E-state index in [1.165, 1.54) is 12.8 Å². The zero-order chi connectivity index (χ0) is 18.4. The van der Waals surface area contributed by atoms with E-state index in [0.717, 1.165) is 56.5 Å². The fourth-order valence-electron chi connectivity index (χ4n) is 3.68. The lowest BCUT2D eigenvalue weighted by molar-refractivity contribution is -0.149. The van der Waals surface area contributed by atoms with E-state index in [4.69, 9.17) is 9.73 Å². The molecule has 1 saturated heterocycles. The third kappa shape index (κ3) is 5.55. The van der Waals surface area contributed by atoms with Crippen LogP contribution in [-0.4, -0.2) is 57.8 Å². The summed E-state index contributed by atoms with van der Waals surface area (Å²) in [7, 11) is 0. The van der Waals surface area contributed by atoms with E-state index < -0.39 is 0 Å². The van der Waals surface area contributed by atoms with Crippen molar-refractivity contribution in [3.05, 3.63) is 11.6 Å². The number of aliphatic imine (C=N–C) groups is 1. The van der Waals surface area contributed by atoms with Gasteiger partial charge in [0.1, 0.15) is 12.4 Å². The number of guanidine groups is 1. The molecule has 8 nitrogen and oxygen atoms in total. The number of aromatic nitrogens is 3. The summed E-state index contributed by atoms with van der Waals surface area (Å²) in [5.74, 6) is 2.67. The number of ether oxygens (including phenoxy) is 1. The number of piperidine rings is 1. The van der Waals surface area contributed by atoms with Crippen molar-refractivity contribution < 1.29 is 9.53 Å². The summed E-state index contributed by atoms with van der Waals surface area (Å²) >= 11 is 0. The van der Waals surface area contributed by atoms with E-state index in [1.54, 1.807) is 0 Å². The topological polar surface area (TPSA) is 84.6 Å². The normalized spacial score (nSPS) is 19.9. The molecule has 2 aliphatic rings. The lowest BCUT2D eigenvalue weighted by Gasteiger charge is -2.34. The molecule has 2 aliphatic heterocycles. The molecule has 1 unspecified atom stereocenters. The van der Waals surface area contributed by atoms with Crippen LogP contribution >= 0.6 is 24.0 Å². The van der Waals surface area contributed by atoms with Gasteiger partial charge in [-0.15, -0.1) is 34.2 Å². The van der Waals surface area contributed by atoms with Crippen molar-refractivity contribution in [2.75, 3.05) is 26.2 Å². The number of halogens is 1. The number of carbonyl (C=O) groups is 1. The summed E-state index contributed by atoms with van der Waals surface area (Å²) in [6.07, 6.45) is 5.22. The van der Waals surface area contributed by atoms with Gasteiger partial charge in [-0.25, -0.2) is 4.99 Å². The van der Waals surface area contributed by atoms with Crippen molar-refractivity contribution in [1.82, 2.24) is 25.0 Å². The zero-order valence-electron chi connectivity index (χ0n) is 16.3. The first-order valence-corrected chi connectivity index (χ1v) is 9.83. The average Bonchev–Trinajstić information content (AvgIpc) is 3.08. The molecule has 1 atom stereocenters. The quantitative estimate of drug-likeness (QED) is 0.294. The second-order valence-electron chi connectivity index (χ2n) is 6.85. The van der Waals surface area contributed by atoms with Crippen molar-refractivity contribution in [2.24, 2.45) is 10.9 Å². The molecule has 1 aromatic rings. The van der Waals surface area contributed by atoms with Gasteiger partial charge in [-0.3, -0.25) is 4.79 Å². The molecule has 1 aromatic heterocycles. The molecule has 3 heterocycles. The number of esters is 1. The first-order chi connectivity index (χ1) is 12.7. The van der Waals surface area contributed by atoms with Crippen LogP contribution in [0.1, 0.15) is 51.2 Å². The number of hydrogen-bond donors (Lipinski definition) is 1. The summed E-state index contributed by atoms with van der Waals surface area (Å²) in [6.45, 7) is 8.18. The smallest absolute Gasteiger partial charge is 0.310 e. The molecule has 0 saturated carbocycles. The number of hydrogen-bond acceptors (Lipinski definition) is 5.